The molecule has 1 saturated heterocycles. The third-order valence-electron chi connectivity index (χ3n) is 2.57. The molecule has 1 aliphatic heterocycles. The Morgan fingerprint density at radius 1 is 1.47 bits per heavy atom. The molecule has 6 heteroatoms. The van der Waals surface area contributed by atoms with Gasteiger partial charge in [0.1, 0.15) is 0 Å². The number of thiazole rings is 1. The Morgan fingerprint density at radius 3 is 3.00 bits per heavy atom. The Morgan fingerprint density at radius 2 is 2.35 bits per heavy atom. The molecule has 3 nitrogen and oxygen atoms in total. The van der Waals surface area contributed by atoms with Crippen LogP contribution in [0.1, 0.15) is 6.42 Å². The number of hydrogen-bond donors (Lipinski definition) is 0. The number of amides is 1. The predicted octanol–water partition coefficient (Wildman–Crippen LogP) is 3.37. The van der Waals surface area contributed by atoms with Gasteiger partial charge in [0.15, 0.2) is 5.13 Å². The van der Waals surface area contributed by atoms with Gasteiger partial charge >= 0.3 is 0 Å². The molecule has 1 atom stereocenters. The van der Waals surface area contributed by atoms with Crippen molar-refractivity contribution in [3.8, 4) is 10.6 Å². The van der Waals surface area contributed by atoms with Crippen molar-refractivity contribution >= 4 is 49.6 Å². The molecular weight excluding hydrogens is 320 g/mol. The molecule has 1 aliphatic rings. The molecule has 0 aromatic carbocycles. The molecule has 3 rings (SSSR count). The Balaban J connectivity index is 1.88. The SMILES string of the molecule is O=C1CC(Br)CN1c1nc(-c2cccs2)cs1. The van der Waals surface area contributed by atoms with Gasteiger partial charge in [0, 0.05) is 23.2 Å². The third-order valence-corrected chi connectivity index (χ3v) is 4.94. The largest absolute Gasteiger partial charge is 0.287 e. The lowest BCUT2D eigenvalue weighted by molar-refractivity contribution is -0.117. The van der Waals surface area contributed by atoms with Gasteiger partial charge in [-0.2, -0.15) is 0 Å². The van der Waals surface area contributed by atoms with E-state index in [0.29, 0.717) is 6.42 Å². The van der Waals surface area contributed by atoms with E-state index in [1.54, 1.807) is 16.2 Å². The van der Waals surface area contributed by atoms with Gasteiger partial charge in [0.05, 0.1) is 10.6 Å². The van der Waals surface area contributed by atoms with E-state index >= 15 is 0 Å². The number of aromatic nitrogens is 1. The zero-order chi connectivity index (χ0) is 11.8. The zero-order valence-corrected chi connectivity index (χ0v) is 12.0. The predicted molar refractivity (Wildman–Crippen MR) is 75.1 cm³/mol. The summed E-state index contributed by atoms with van der Waals surface area (Å²) in [5.74, 6) is 0.152. The summed E-state index contributed by atoms with van der Waals surface area (Å²) < 4.78 is 0. The summed E-state index contributed by atoms with van der Waals surface area (Å²) in [4.78, 5) is 19.4. The fraction of sp³-hybridized carbons (Fsp3) is 0.273. The third kappa shape index (κ3) is 2.17. The Labute approximate surface area is 115 Å². The summed E-state index contributed by atoms with van der Waals surface area (Å²) in [6.07, 6.45) is 0.563. The molecule has 1 fully saturated rings. The molecule has 0 bridgehead atoms. The molecule has 0 saturated carbocycles. The average Bonchev–Trinajstić information content (AvgIpc) is 2.97. The first-order chi connectivity index (χ1) is 8.24. The van der Waals surface area contributed by atoms with Gasteiger partial charge in [-0.3, -0.25) is 9.69 Å². The van der Waals surface area contributed by atoms with E-state index in [2.05, 4.69) is 20.9 Å². The fourth-order valence-electron chi connectivity index (χ4n) is 1.77. The molecule has 0 N–H and O–H groups in total. The van der Waals surface area contributed by atoms with Crippen molar-refractivity contribution < 1.29 is 4.79 Å². The number of thiophene rings is 1. The summed E-state index contributed by atoms with van der Waals surface area (Å²) >= 11 is 6.67. The second-order valence-corrected chi connectivity index (χ2v) is 6.88. The molecule has 1 unspecified atom stereocenters. The van der Waals surface area contributed by atoms with E-state index in [9.17, 15) is 4.79 Å². The lowest BCUT2D eigenvalue weighted by Gasteiger charge is -2.10. The van der Waals surface area contributed by atoms with Gasteiger partial charge in [0.2, 0.25) is 5.91 Å². The number of rotatable bonds is 2. The van der Waals surface area contributed by atoms with Crippen molar-refractivity contribution in [3.05, 3.63) is 22.9 Å². The van der Waals surface area contributed by atoms with Gasteiger partial charge in [-0.05, 0) is 11.4 Å². The number of alkyl halides is 1. The first-order valence-electron chi connectivity index (χ1n) is 5.18. The highest BCUT2D eigenvalue weighted by Gasteiger charge is 2.30. The molecule has 2 aromatic rings. The van der Waals surface area contributed by atoms with Gasteiger partial charge in [0.25, 0.3) is 0 Å². The van der Waals surface area contributed by atoms with Crippen LogP contribution in [-0.2, 0) is 4.79 Å². The van der Waals surface area contributed by atoms with Crippen molar-refractivity contribution in [1.29, 1.82) is 0 Å². The van der Waals surface area contributed by atoms with Crippen LogP contribution in [0.3, 0.4) is 0 Å². The quantitative estimate of drug-likeness (QED) is 0.792. The molecule has 17 heavy (non-hydrogen) atoms. The van der Waals surface area contributed by atoms with Gasteiger partial charge < -0.3 is 0 Å². The molecule has 88 valence electrons. The highest BCUT2D eigenvalue weighted by Crippen LogP contribution is 2.32. The highest BCUT2D eigenvalue weighted by atomic mass is 79.9. The van der Waals surface area contributed by atoms with E-state index < -0.39 is 0 Å². The Kier molecular flexibility index (Phi) is 3.02. The van der Waals surface area contributed by atoms with Crippen molar-refractivity contribution in [2.75, 3.05) is 11.4 Å². The minimum atomic E-state index is 0.152. The van der Waals surface area contributed by atoms with Crippen LogP contribution in [0, 0.1) is 0 Å². The summed E-state index contributed by atoms with van der Waals surface area (Å²) in [6.45, 7) is 0.718. The van der Waals surface area contributed by atoms with Crippen molar-refractivity contribution in [2.45, 2.75) is 11.2 Å². The van der Waals surface area contributed by atoms with E-state index in [-0.39, 0.29) is 10.7 Å². The van der Waals surface area contributed by atoms with E-state index in [1.165, 1.54) is 11.3 Å². The molecule has 0 spiro atoms. The van der Waals surface area contributed by atoms with Gasteiger partial charge in [-0.15, -0.1) is 22.7 Å². The molecule has 3 heterocycles. The number of nitrogens with zero attached hydrogens (tertiary/aromatic N) is 2. The molecule has 0 radical (unpaired) electrons. The minimum absolute atomic E-state index is 0.152. The van der Waals surface area contributed by atoms with Crippen LogP contribution in [0.5, 0.6) is 0 Å². The Hall–Kier alpha value is -0.720. The average molecular weight is 329 g/mol. The second-order valence-electron chi connectivity index (χ2n) is 3.80. The molecule has 0 aliphatic carbocycles. The van der Waals surface area contributed by atoms with Crippen LogP contribution in [0.2, 0.25) is 0 Å². The van der Waals surface area contributed by atoms with E-state index in [1.807, 2.05) is 22.9 Å². The lowest BCUT2D eigenvalue weighted by Crippen LogP contribution is -2.24. The summed E-state index contributed by atoms with van der Waals surface area (Å²) in [5, 5.41) is 4.85. The first-order valence-corrected chi connectivity index (χ1v) is 7.85. The monoisotopic (exact) mass is 328 g/mol. The van der Waals surface area contributed by atoms with Crippen LogP contribution in [0.25, 0.3) is 10.6 Å². The van der Waals surface area contributed by atoms with Crippen LogP contribution < -0.4 is 4.90 Å². The number of halogens is 1. The van der Waals surface area contributed by atoms with E-state index in [4.69, 9.17) is 0 Å². The maximum Gasteiger partial charge on any atom is 0.230 e. The maximum atomic E-state index is 11.7. The summed E-state index contributed by atoms with van der Waals surface area (Å²) in [7, 11) is 0. The highest BCUT2D eigenvalue weighted by molar-refractivity contribution is 9.09. The summed E-state index contributed by atoms with van der Waals surface area (Å²) in [6, 6.07) is 4.05. The number of carbonyl (C=O) groups is 1. The molecular formula is C11H9BrN2OS2. The van der Waals surface area contributed by atoms with Crippen molar-refractivity contribution in [2.24, 2.45) is 0 Å². The maximum absolute atomic E-state index is 11.7. The number of hydrogen-bond acceptors (Lipinski definition) is 4. The van der Waals surface area contributed by atoms with Gasteiger partial charge in [-0.1, -0.05) is 22.0 Å². The standard InChI is InChI=1S/C11H9BrN2OS2/c12-7-4-10(15)14(5-7)11-13-8(6-17-11)9-2-1-3-16-9/h1-3,6-7H,4-5H2. The van der Waals surface area contributed by atoms with Crippen LogP contribution in [0.4, 0.5) is 5.13 Å². The smallest absolute Gasteiger partial charge is 0.230 e. The van der Waals surface area contributed by atoms with Crippen LogP contribution >= 0.6 is 38.6 Å². The van der Waals surface area contributed by atoms with E-state index in [0.717, 1.165) is 22.2 Å². The normalized spacial score (nSPS) is 20.2. The number of carbonyl (C=O) groups excluding carboxylic acids is 1. The molecule has 1 amide bonds. The van der Waals surface area contributed by atoms with Gasteiger partial charge in [-0.25, -0.2) is 4.98 Å². The minimum Gasteiger partial charge on any atom is -0.287 e. The molecule has 2 aromatic heterocycles. The van der Waals surface area contributed by atoms with Crippen molar-refractivity contribution in [1.82, 2.24) is 4.98 Å². The van der Waals surface area contributed by atoms with Crippen LogP contribution in [0.15, 0.2) is 22.9 Å². The Bertz CT molecular complexity index is 537. The summed E-state index contributed by atoms with van der Waals surface area (Å²) in [5.41, 5.74) is 0.964. The fourth-order valence-corrected chi connectivity index (χ4v) is 3.95. The topological polar surface area (TPSA) is 33.2 Å². The lowest BCUT2D eigenvalue weighted by atomic mass is 10.4. The van der Waals surface area contributed by atoms with Crippen LogP contribution in [-0.4, -0.2) is 22.3 Å². The second kappa shape index (κ2) is 4.51. The van der Waals surface area contributed by atoms with Crippen molar-refractivity contribution in [3.63, 3.8) is 0 Å². The number of anilines is 1. The first kappa shape index (κ1) is 11.4. The zero-order valence-electron chi connectivity index (χ0n) is 8.80.